The summed E-state index contributed by atoms with van der Waals surface area (Å²) in [7, 11) is 0. The molecule has 0 spiro atoms. The lowest BCUT2D eigenvalue weighted by Gasteiger charge is -2.40. The van der Waals surface area contributed by atoms with E-state index in [1.807, 2.05) is 0 Å². The van der Waals surface area contributed by atoms with E-state index in [1.54, 1.807) is 0 Å². The minimum absolute atomic E-state index is 0.147. The molecular weight excluding hydrogens is 148 g/mol. The molecule has 1 nitrogen and oxygen atoms in total. The van der Waals surface area contributed by atoms with Crippen LogP contribution in [0.4, 0.5) is 0 Å². The van der Waals surface area contributed by atoms with Gasteiger partial charge in [0.2, 0.25) is 0 Å². The van der Waals surface area contributed by atoms with Gasteiger partial charge in [0.15, 0.2) is 0 Å². The second-order valence-electron chi connectivity index (χ2n) is 4.57. The summed E-state index contributed by atoms with van der Waals surface area (Å²) in [4.78, 5) is 0. The molecule has 0 saturated heterocycles. The van der Waals surface area contributed by atoms with Crippen molar-refractivity contribution < 1.29 is 5.11 Å². The van der Waals surface area contributed by atoms with E-state index in [2.05, 4.69) is 13.0 Å². The molecule has 0 bridgehead atoms. The van der Waals surface area contributed by atoms with Gasteiger partial charge >= 0.3 is 0 Å². The fraction of sp³-hybridized carbons (Fsp3) is 0.818. The van der Waals surface area contributed by atoms with Crippen molar-refractivity contribution in [2.24, 2.45) is 5.41 Å². The number of hydrogen-bond donors (Lipinski definition) is 1. The van der Waals surface area contributed by atoms with Crippen LogP contribution in [0.15, 0.2) is 11.6 Å². The summed E-state index contributed by atoms with van der Waals surface area (Å²) in [5, 5.41) is 9.49. The van der Waals surface area contributed by atoms with E-state index >= 15 is 0 Å². The van der Waals surface area contributed by atoms with Crippen LogP contribution in [0, 0.1) is 5.41 Å². The first-order valence-corrected chi connectivity index (χ1v) is 5.10. The Hall–Kier alpha value is -0.300. The SMILES string of the molecule is C[C@@]12CCCCC1=CC(O)CC2. The summed E-state index contributed by atoms with van der Waals surface area (Å²) in [6, 6.07) is 0. The molecule has 2 rings (SSSR count). The molecule has 0 amide bonds. The fourth-order valence-corrected chi connectivity index (χ4v) is 2.65. The maximum Gasteiger partial charge on any atom is 0.0724 e. The molecular formula is C11H18O. The van der Waals surface area contributed by atoms with Gasteiger partial charge < -0.3 is 5.11 Å². The van der Waals surface area contributed by atoms with Crippen molar-refractivity contribution in [3.8, 4) is 0 Å². The minimum atomic E-state index is -0.147. The molecule has 1 N–H and O–H groups in total. The summed E-state index contributed by atoms with van der Waals surface area (Å²) in [6.07, 6.45) is 9.41. The largest absolute Gasteiger partial charge is 0.389 e. The Morgan fingerprint density at radius 2 is 2.25 bits per heavy atom. The Bertz CT molecular complexity index is 207. The van der Waals surface area contributed by atoms with Crippen molar-refractivity contribution in [2.75, 3.05) is 0 Å². The predicted molar refractivity (Wildman–Crippen MR) is 49.9 cm³/mol. The third-order valence-corrected chi connectivity index (χ3v) is 3.59. The van der Waals surface area contributed by atoms with Gasteiger partial charge in [0.1, 0.15) is 0 Å². The molecule has 1 unspecified atom stereocenters. The molecule has 0 aromatic carbocycles. The van der Waals surface area contributed by atoms with Gasteiger partial charge in [-0.2, -0.15) is 0 Å². The molecule has 0 aromatic heterocycles. The van der Waals surface area contributed by atoms with E-state index in [-0.39, 0.29) is 6.10 Å². The molecule has 0 aromatic rings. The molecule has 68 valence electrons. The Balaban J connectivity index is 2.23. The normalized spacial score (nSPS) is 41.8. The van der Waals surface area contributed by atoms with Crippen LogP contribution < -0.4 is 0 Å². The van der Waals surface area contributed by atoms with Crippen molar-refractivity contribution in [3.05, 3.63) is 11.6 Å². The maximum atomic E-state index is 9.49. The predicted octanol–water partition coefficient (Wildman–Crippen LogP) is 2.65. The van der Waals surface area contributed by atoms with E-state index < -0.39 is 0 Å². The number of fused-ring (bicyclic) bond motifs is 1. The zero-order valence-corrected chi connectivity index (χ0v) is 7.84. The third kappa shape index (κ3) is 1.31. The second-order valence-corrected chi connectivity index (χ2v) is 4.57. The van der Waals surface area contributed by atoms with Crippen molar-refractivity contribution in [1.82, 2.24) is 0 Å². The first-order chi connectivity index (χ1) is 5.71. The monoisotopic (exact) mass is 166 g/mol. The van der Waals surface area contributed by atoms with Crippen LogP contribution in [0.3, 0.4) is 0 Å². The molecule has 1 heteroatoms. The average molecular weight is 166 g/mol. The molecule has 2 aliphatic rings. The van der Waals surface area contributed by atoms with Crippen LogP contribution >= 0.6 is 0 Å². The molecule has 2 atom stereocenters. The Kier molecular flexibility index (Phi) is 1.99. The van der Waals surface area contributed by atoms with Gasteiger partial charge in [0.05, 0.1) is 6.10 Å². The van der Waals surface area contributed by atoms with Crippen LogP contribution in [-0.4, -0.2) is 11.2 Å². The lowest BCUT2D eigenvalue weighted by Crippen LogP contribution is -2.29. The van der Waals surface area contributed by atoms with Gasteiger partial charge in [-0.15, -0.1) is 0 Å². The summed E-state index contributed by atoms with van der Waals surface area (Å²) in [6.45, 7) is 2.36. The van der Waals surface area contributed by atoms with Crippen LogP contribution in [0.1, 0.15) is 45.4 Å². The smallest absolute Gasteiger partial charge is 0.0724 e. The molecule has 1 saturated carbocycles. The van der Waals surface area contributed by atoms with Crippen LogP contribution in [-0.2, 0) is 0 Å². The topological polar surface area (TPSA) is 20.2 Å². The van der Waals surface area contributed by atoms with Gasteiger partial charge in [0, 0.05) is 0 Å². The van der Waals surface area contributed by atoms with E-state index in [0.29, 0.717) is 5.41 Å². The zero-order chi connectivity index (χ0) is 8.60. The van der Waals surface area contributed by atoms with E-state index in [0.717, 1.165) is 6.42 Å². The highest BCUT2D eigenvalue weighted by atomic mass is 16.3. The van der Waals surface area contributed by atoms with Crippen LogP contribution in [0.2, 0.25) is 0 Å². The standard InChI is InChI=1S/C11H18O/c1-11-6-3-2-4-9(11)8-10(12)5-7-11/h8,10,12H,2-7H2,1H3/t10?,11-/m0/s1. The lowest BCUT2D eigenvalue weighted by atomic mass is 9.66. The third-order valence-electron chi connectivity index (χ3n) is 3.59. The number of allylic oxidation sites excluding steroid dienone is 1. The molecule has 0 radical (unpaired) electrons. The molecule has 1 fully saturated rings. The van der Waals surface area contributed by atoms with E-state index in [4.69, 9.17) is 0 Å². The summed E-state index contributed by atoms with van der Waals surface area (Å²) < 4.78 is 0. The number of hydrogen-bond acceptors (Lipinski definition) is 1. The zero-order valence-electron chi connectivity index (χ0n) is 7.84. The lowest BCUT2D eigenvalue weighted by molar-refractivity contribution is 0.152. The highest BCUT2D eigenvalue weighted by Gasteiger charge is 2.34. The highest BCUT2D eigenvalue weighted by molar-refractivity contribution is 5.20. The number of aliphatic hydroxyl groups excluding tert-OH is 1. The Morgan fingerprint density at radius 1 is 1.42 bits per heavy atom. The van der Waals surface area contributed by atoms with E-state index in [9.17, 15) is 5.11 Å². The first kappa shape index (κ1) is 8.31. The average Bonchev–Trinajstić information content (AvgIpc) is 2.06. The van der Waals surface area contributed by atoms with Gasteiger partial charge in [-0.1, -0.05) is 25.0 Å². The number of aliphatic hydroxyl groups is 1. The minimum Gasteiger partial charge on any atom is -0.389 e. The summed E-state index contributed by atoms with van der Waals surface area (Å²) in [5.74, 6) is 0. The first-order valence-electron chi connectivity index (χ1n) is 5.10. The van der Waals surface area contributed by atoms with Gasteiger partial charge in [-0.25, -0.2) is 0 Å². The molecule has 12 heavy (non-hydrogen) atoms. The van der Waals surface area contributed by atoms with Gasteiger partial charge in [0.25, 0.3) is 0 Å². The second kappa shape index (κ2) is 2.88. The molecule has 0 aliphatic heterocycles. The van der Waals surface area contributed by atoms with Crippen molar-refractivity contribution in [2.45, 2.75) is 51.6 Å². The van der Waals surface area contributed by atoms with Crippen molar-refractivity contribution >= 4 is 0 Å². The Labute approximate surface area is 74.5 Å². The summed E-state index contributed by atoms with van der Waals surface area (Å²) >= 11 is 0. The fourth-order valence-electron chi connectivity index (χ4n) is 2.65. The van der Waals surface area contributed by atoms with Crippen LogP contribution in [0.5, 0.6) is 0 Å². The van der Waals surface area contributed by atoms with Gasteiger partial charge in [-0.3, -0.25) is 0 Å². The summed E-state index contributed by atoms with van der Waals surface area (Å²) in [5.41, 5.74) is 1.99. The van der Waals surface area contributed by atoms with E-state index in [1.165, 1.54) is 37.7 Å². The highest BCUT2D eigenvalue weighted by Crippen LogP contribution is 2.46. The van der Waals surface area contributed by atoms with Crippen LogP contribution in [0.25, 0.3) is 0 Å². The molecule has 2 aliphatic carbocycles. The van der Waals surface area contributed by atoms with Crippen molar-refractivity contribution in [1.29, 1.82) is 0 Å². The van der Waals surface area contributed by atoms with Gasteiger partial charge in [-0.05, 0) is 37.5 Å². The quantitative estimate of drug-likeness (QED) is 0.548. The maximum absolute atomic E-state index is 9.49. The Morgan fingerprint density at radius 3 is 3.08 bits per heavy atom. The van der Waals surface area contributed by atoms with Crippen molar-refractivity contribution in [3.63, 3.8) is 0 Å². The molecule has 0 heterocycles. The number of rotatable bonds is 0.